The Morgan fingerprint density at radius 3 is 2.56 bits per heavy atom. The van der Waals surface area contributed by atoms with Crippen LogP contribution >= 0.6 is 23.4 Å². The number of anilines is 1. The predicted molar refractivity (Wildman–Crippen MR) is 156 cm³/mol. The number of carbonyl (C=O) groups is 2. The first-order valence-corrected chi connectivity index (χ1v) is 14.2. The van der Waals surface area contributed by atoms with Gasteiger partial charge in [-0.05, 0) is 42.3 Å². The Hall–Kier alpha value is -3.49. The van der Waals surface area contributed by atoms with Gasteiger partial charge in [0.25, 0.3) is 0 Å². The van der Waals surface area contributed by atoms with Crippen molar-refractivity contribution in [2.45, 2.75) is 44.9 Å². The van der Waals surface area contributed by atoms with Crippen LogP contribution in [0.2, 0.25) is 5.02 Å². The van der Waals surface area contributed by atoms with Crippen LogP contribution in [0, 0.1) is 6.92 Å². The lowest BCUT2D eigenvalue weighted by atomic mass is 9.87. The maximum atomic E-state index is 13.8. The van der Waals surface area contributed by atoms with Gasteiger partial charge in [0, 0.05) is 16.0 Å². The molecule has 2 aromatic heterocycles. The fourth-order valence-electron chi connectivity index (χ4n) is 4.77. The molecule has 7 nitrogen and oxygen atoms in total. The molecule has 1 atom stereocenters. The monoisotopic (exact) mass is 562 g/mol. The predicted octanol–water partition coefficient (Wildman–Crippen LogP) is 6.21. The summed E-state index contributed by atoms with van der Waals surface area (Å²) < 4.78 is 7.18. The van der Waals surface area contributed by atoms with E-state index in [4.69, 9.17) is 21.1 Å². The van der Waals surface area contributed by atoms with Gasteiger partial charge >= 0.3 is 0 Å². The Bertz CT molecular complexity index is 1510. The highest BCUT2D eigenvalue weighted by atomic mass is 35.5. The second-order valence-corrected chi connectivity index (χ2v) is 12.1. The summed E-state index contributed by atoms with van der Waals surface area (Å²) in [5, 5.41) is 8.40. The molecule has 1 aliphatic rings. The maximum Gasteiger partial charge on any atom is 0.240 e. The molecule has 0 saturated carbocycles. The Morgan fingerprint density at radius 1 is 1.13 bits per heavy atom. The van der Waals surface area contributed by atoms with Gasteiger partial charge in [0.05, 0.1) is 35.2 Å². The topological polar surface area (TPSA) is 80.4 Å². The summed E-state index contributed by atoms with van der Waals surface area (Å²) in [6.45, 7) is 8.43. The van der Waals surface area contributed by atoms with Gasteiger partial charge in [-0.15, -0.1) is 11.8 Å². The number of fused-ring (bicyclic) bond motifs is 1. The summed E-state index contributed by atoms with van der Waals surface area (Å²) in [5.74, 6) is 0.969. The van der Waals surface area contributed by atoms with E-state index in [1.54, 1.807) is 23.3 Å². The van der Waals surface area contributed by atoms with Crippen LogP contribution in [0.5, 0.6) is 0 Å². The van der Waals surface area contributed by atoms with Gasteiger partial charge < -0.3 is 9.73 Å². The van der Waals surface area contributed by atoms with Crippen molar-refractivity contribution < 1.29 is 14.0 Å². The molecular weight excluding hydrogens is 532 g/mol. The highest BCUT2D eigenvalue weighted by Crippen LogP contribution is 2.49. The minimum absolute atomic E-state index is 0.149. The van der Waals surface area contributed by atoms with Crippen LogP contribution in [0.1, 0.15) is 54.2 Å². The summed E-state index contributed by atoms with van der Waals surface area (Å²) in [6, 6.07) is 19.2. The van der Waals surface area contributed by atoms with Crippen molar-refractivity contribution in [1.82, 2.24) is 15.1 Å². The Morgan fingerprint density at radius 2 is 1.87 bits per heavy atom. The number of amides is 2. The molecule has 0 spiro atoms. The fraction of sp³-hybridized carbons (Fsp3) is 0.300. The zero-order valence-electron chi connectivity index (χ0n) is 22.4. The lowest BCUT2D eigenvalue weighted by Crippen LogP contribution is -2.42. The number of halogens is 1. The molecule has 0 bridgehead atoms. The van der Waals surface area contributed by atoms with Gasteiger partial charge in [-0.25, -0.2) is 4.68 Å². The van der Waals surface area contributed by atoms with Crippen LogP contribution in [0.4, 0.5) is 5.82 Å². The molecule has 1 N–H and O–H groups in total. The largest absolute Gasteiger partial charge is 0.467 e. The summed E-state index contributed by atoms with van der Waals surface area (Å²) in [6.07, 6.45) is 1.56. The minimum atomic E-state index is -0.349. The maximum absolute atomic E-state index is 13.8. The number of thioether (sulfide) groups is 1. The summed E-state index contributed by atoms with van der Waals surface area (Å²) in [4.78, 5) is 28.5. The Labute approximate surface area is 237 Å². The highest BCUT2D eigenvalue weighted by Gasteiger charge is 2.40. The van der Waals surface area contributed by atoms with E-state index in [1.807, 2.05) is 60.1 Å². The number of carbonyl (C=O) groups excluding carboxylic acids is 2. The van der Waals surface area contributed by atoms with Crippen molar-refractivity contribution in [3.8, 4) is 5.69 Å². The van der Waals surface area contributed by atoms with E-state index in [1.165, 1.54) is 11.8 Å². The Balaban J connectivity index is 1.70. The van der Waals surface area contributed by atoms with Crippen LogP contribution in [-0.4, -0.2) is 33.9 Å². The summed E-state index contributed by atoms with van der Waals surface area (Å²) in [7, 11) is 0. The molecule has 3 heterocycles. The molecule has 0 radical (unpaired) electrons. The number of hydrogen-bond acceptors (Lipinski definition) is 5. The smallest absolute Gasteiger partial charge is 0.240 e. The number of hydrogen-bond donors (Lipinski definition) is 1. The normalized spacial score (nSPS) is 15.7. The summed E-state index contributed by atoms with van der Waals surface area (Å²) in [5.41, 5.74) is 4.17. The third kappa shape index (κ3) is 5.49. The van der Waals surface area contributed by atoms with Crippen molar-refractivity contribution in [3.05, 3.63) is 100 Å². The van der Waals surface area contributed by atoms with E-state index in [9.17, 15) is 9.59 Å². The number of nitrogens with one attached hydrogen (secondary N) is 1. The molecule has 202 valence electrons. The van der Waals surface area contributed by atoms with E-state index in [0.717, 1.165) is 28.1 Å². The number of rotatable bonds is 6. The average Bonchev–Trinajstić information content (AvgIpc) is 3.53. The molecule has 2 aromatic carbocycles. The van der Waals surface area contributed by atoms with Gasteiger partial charge in [-0.1, -0.05) is 68.8 Å². The zero-order valence-corrected chi connectivity index (χ0v) is 24.0. The van der Waals surface area contributed by atoms with Crippen molar-refractivity contribution in [1.29, 1.82) is 0 Å². The molecule has 0 saturated heterocycles. The molecule has 0 unspecified atom stereocenters. The SMILES string of the molecule is Cc1ccccc1-n1nc(C(C)(C)C)c2c1N(CC(=O)NCc1ccco1)C(=O)CS[C@H]2c1ccccc1Cl. The van der Waals surface area contributed by atoms with Crippen molar-refractivity contribution in [2.75, 3.05) is 17.2 Å². The first-order valence-electron chi connectivity index (χ1n) is 12.8. The number of aryl methyl sites for hydroxylation is 1. The standard InChI is InChI=1S/C30H31ClN4O3S/c1-19-10-5-8-14-23(19)35-29-26(28(33-35)30(2,3)4)27(21-12-6-7-13-22(21)31)39-18-25(37)34(29)17-24(36)32-16-20-11-9-15-38-20/h5-15,27H,16-18H2,1-4H3,(H,32,36)/t27-/m0/s1. The van der Waals surface area contributed by atoms with Crippen molar-refractivity contribution >= 4 is 41.0 Å². The minimum Gasteiger partial charge on any atom is -0.467 e. The van der Waals surface area contributed by atoms with Crippen LogP contribution in [0.25, 0.3) is 5.69 Å². The molecule has 5 rings (SSSR count). The van der Waals surface area contributed by atoms with Gasteiger partial charge in [-0.2, -0.15) is 5.10 Å². The van der Waals surface area contributed by atoms with Crippen molar-refractivity contribution in [3.63, 3.8) is 0 Å². The second kappa shape index (κ2) is 10.9. The molecule has 0 fully saturated rings. The third-order valence-electron chi connectivity index (χ3n) is 6.67. The first kappa shape index (κ1) is 27.1. The van der Waals surface area contributed by atoms with Crippen LogP contribution in [0.15, 0.2) is 71.3 Å². The first-order chi connectivity index (χ1) is 18.6. The molecular formula is C30H31ClN4O3S. The number of furan rings is 1. The van der Waals surface area contributed by atoms with Gasteiger partial charge in [0.15, 0.2) is 0 Å². The van der Waals surface area contributed by atoms with Gasteiger partial charge in [0.2, 0.25) is 11.8 Å². The molecule has 39 heavy (non-hydrogen) atoms. The van der Waals surface area contributed by atoms with E-state index in [0.29, 0.717) is 16.6 Å². The van der Waals surface area contributed by atoms with E-state index < -0.39 is 0 Å². The summed E-state index contributed by atoms with van der Waals surface area (Å²) >= 11 is 8.24. The van der Waals surface area contributed by atoms with E-state index >= 15 is 0 Å². The highest BCUT2D eigenvalue weighted by molar-refractivity contribution is 8.00. The number of benzene rings is 2. The second-order valence-electron chi connectivity index (χ2n) is 10.6. The lowest BCUT2D eigenvalue weighted by molar-refractivity contribution is -0.123. The lowest BCUT2D eigenvalue weighted by Gasteiger charge is -2.25. The molecule has 9 heteroatoms. The van der Waals surface area contributed by atoms with Crippen LogP contribution in [-0.2, 0) is 21.5 Å². The van der Waals surface area contributed by atoms with Crippen molar-refractivity contribution in [2.24, 2.45) is 0 Å². The average molecular weight is 563 g/mol. The molecule has 0 aliphatic carbocycles. The van der Waals surface area contributed by atoms with Crippen LogP contribution in [0.3, 0.4) is 0 Å². The third-order valence-corrected chi connectivity index (χ3v) is 8.25. The molecule has 2 amide bonds. The number of para-hydroxylation sites is 1. The van der Waals surface area contributed by atoms with Gasteiger partial charge in [0.1, 0.15) is 18.1 Å². The van der Waals surface area contributed by atoms with Gasteiger partial charge in [-0.3, -0.25) is 14.5 Å². The van der Waals surface area contributed by atoms with Crippen LogP contribution < -0.4 is 10.2 Å². The quantitative estimate of drug-likeness (QED) is 0.302. The Kier molecular flexibility index (Phi) is 7.60. The van der Waals surface area contributed by atoms with E-state index in [-0.39, 0.29) is 41.3 Å². The number of nitrogens with zero attached hydrogens (tertiary/aromatic N) is 3. The molecule has 4 aromatic rings. The fourth-order valence-corrected chi connectivity index (χ4v) is 6.32. The van der Waals surface area contributed by atoms with E-state index in [2.05, 4.69) is 26.1 Å². The zero-order chi connectivity index (χ0) is 27.7. The molecule has 1 aliphatic heterocycles. The number of aromatic nitrogens is 2.